The fourth-order valence-electron chi connectivity index (χ4n) is 2.28. The zero-order chi connectivity index (χ0) is 13.5. The van der Waals surface area contributed by atoms with Crippen LogP contribution in [0.2, 0.25) is 0 Å². The second kappa shape index (κ2) is 6.75. The van der Waals surface area contributed by atoms with Crippen molar-refractivity contribution >= 4 is 0 Å². The van der Waals surface area contributed by atoms with Gasteiger partial charge in [0.05, 0.1) is 11.6 Å². The summed E-state index contributed by atoms with van der Waals surface area (Å²) in [6, 6.07) is 18.7. The van der Waals surface area contributed by atoms with Gasteiger partial charge >= 0.3 is 0 Å². The molecule has 0 N–H and O–H groups in total. The summed E-state index contributed by atoms with van der Waals surface area (Å²) in [6.07, 6.45) is 4.73. The van der Waals surface area contributed by atoms with E-state index in [1.807, 2.05) is 30.3 Å². The molecule has 96 valence electrons. The fourth-order valence-corrected chi connectivity index (χ4v) is 2.28. The van der Waals surface area contributed by atoms with E-state index < -0.39 is 0 Å². The summed E-state index contributed by atoms with van der Waals surface area (Å²) in [5.74, 6) is 0. The summed E-state index contributed by atoms with van der Waals surface area (Å²) >= 11 is 0. The molecular formula is C18H19N. The highest BCUT2D eigenvalue weighted by Crippen LogP contribution is 2.23. The van der Waals surface area contributed by atoms with Crippen molar-refractivity contribution in [1.29, 1.82) is 5.26 Å². The Bertz CT molecular complexity index is 564. The topological polar surface area (TPSA) is 23.8 Å². The lowest BCUT2D eigenvalue weighted by atomic mass is 9.97. The van der Waals surface area contributed by atoms with Crippen LogP contribution in [-0.2, 0) is 6.42 Å². The zero-order valence-electron chi connectivity index (χ0n) is 11.4. The molecule has 0 bridgehead atoms. The SMILES string of the molecule is CCCCCc1cc(C#N)cc(-c2ccccc2)c1. The highest BCUT2D eigenvalue weighted by Gasteiger charge is 2.03. The molecule has 0 unspecified atom stereocenters. The molecule has 0 atom stereocenters. The molecule has 0 aromatic heterocycles. The Morgan fingerprint density at radius 1 is 0.947 bits per heavy atom. The van der Waals surface area contributed by atoms with Crippen molar-refractivity contribution in [2.45, 2.75) is 32.6 Å². The minimum absolute atomic E-state index is 0.757. The molecular weight excluding hydrogens is 230 g/mol. The van der Waals surface area contributed by atoms with E-state index in [4.69, 9.17) is 5.26 Å². The smallest absolute Gasteiger partial charge is 0.0991 e. The number of unbranched alkanes of at least 4 members (excludes halogenated alkanes) is 2. The third-order valence-corrected chi connectivity index (χ3v) is 3.30. The summed E-state index contributed by atoms with van der Waals surface area (Å²) in [7, 11) is 0. The van der Waals surface area contributed by atoms with Gasteiger partial charge in [0.15, 0.2) is 0 Å². The molecule has 2 aromatic rings. The largest absolute Gasteiger partial charge is 0.192 e. The Labute approximate surface area is 115 Å². The summed E-state index contributed by atoms with van der Waals surface area (Å²) in [4.78, 5) is 0. The molecule has 1 nitrogen and oxygen atoms in total. The molecule has 1 heteroatoms. The van der Waals surface area contributed by atoms with E-state index in [0.29, 0.717) is 0 Å². The van der Waals surface area contributed by atoms with E-state index in [9.17, 15) is 0 Å². The predicted octanol–water partition coefficient (Wildman–Crippen LogP) is 4.96. The van der Waals surface area contributed by atoms with Gasteiger partial charge < -0.3 is 0 Å². The Kier molecular flexibility index (Phi) is 4.75. The fraction of sp³-hybridized carbons (Fsp3) is 0.278. The van der Waals surface area contributed by atoms with Crippen molar-refractivity contribution in [3.05, 3.63) is 59.7 Å². The number of hydrogen-bond acceptors (Lipinski definition) is 1. The first kappa shape index (κ1) is 13.4. The minimum atomic E-state index is 0.757. The van der Waals surface area contributed by atoms with E-state index in [-0.39, 0.29) is 0 Å². The Balaban J connectivity index is 2.29. The molecule has 0 spiro atoms. The van der Waals surface area contributed by atoms with Crippen LogP contribution in [0.3, 0.4) is 0 Å². The molecule has 0 fully saturated rings. The Hall–Kier alpha value is -2.07. The normalized spacial score (nSPS) is 10.1. The second-order valence-electron chi connectivity index (χ2n) is 4.85. The zero-order valence-corrected chi connectivity index (χ0v) is 11.4. The Morgan fingerprint density at radius 2 is 1.74 bits per heavy atom. The standard InChI is InChI=1S/C18H19N/c1-2-3-5-8-15-11-16(14-19)13-18(12-15)17-9-6-4-7-10-17/h4,6-7,9-13H,2-3,5,8H2,1H3. The maximum atomic E-state index is 9.15. The highest BCUT2D eigenvalue weighted by atomic mass is 14.2. The van der Waals surface area contributed by atoms with Gasteiger partial charge in [0.1, 0.15) is 0 Å². The van der Waals surface area contributed by atoms with Crippen LogP contribution >= 0.6 is 0 Å². The van der Waals surface area contributed by atoms with Gasteiger partial charge in [-0.15, -0.1) is 0 Å². The third-order valence-electron chi connectivity index (χ3n) is 3.30. The van der Waals surface area contributed by atoms with Gasteiger partial charge in [-0.2, -0.15) is 5.26 Å². The molecule has 0 aliphatic heterocycles. The first-order valence-corrected chi connectivity index (χ1v) is 6.93. The second-order valence-corrected chi connectivity index (χ2v) is 4.85. The molecule has 2 aromatic carbocycles. The van der Waals surface area contributed by atoms with Crippen LogP contribution in [-0.4, -0.2) is 0 Å². The number of rotatable bonds is 5. The minimum Gasteiger partial charge on any atom is -0.192 e. The molecule has 19 heavy (non-hydrogen) atoms. The van der Waals surface area contributed by atoms with Crippen molar-refractivity contribution in [2.75, 3.05) is 0 Å². The van der Waals surface area contributed by atoms with Gasteiger partial charge in [-0.1, -0.05) is 56.2 Å². The van der Waals surface area contributed by atoms with Gasteiger partial charge in [-0.25, -0.2) is 0 Å². The van der Waals surface area contributed by atoms with Crippen molar-refractivity contribution in [3.8, 4) is 17.2 Å². The van der Waals surface area contributed by atoms with E-state index in [1.54, 1.807) is 0 Å². The highest BCUT2D eigenvalue weighted by molar-refractivity contribution is 5.66. The maximum absolute atomic E-state index is 9.15. The van der Waals surface area contributed by atoms with Gasteiger partial charge in [-0.05, 0) is 41.7 Å². The Morgan fingerprint density at radius 3 is 2.42 bits per heavy atom. The van der Waals surface area contributed by atoms with Gasteiger partial charge in [0, 0.05) is 0 Å². The van der Waals surface area contributed by atoms with E-state index in [2.05, 4.69) is 31.2 Å². The van der Waals surface area contributed by atoms with Crippen molar-refractivity contribution in [2.24, 2.45) is 0 Å². The average molecular weight is 249 g/mol. The molecule has 2 rings (SSSR count). The molecule has 0 amide bonds. The van der Waals surface area contributed by atoms with Gasteiger partial charge in [0.25, 0.3) is 0 Å². The number of aryl methyl sites for hydroxylation is 1. The first-order valence-electron chi connectivity index (χ1n) is 6.93. The van der Waals surface area contributed by atoms with E-state index in [1.165, 1.54) is 30.4 Å². The molecule has 0 heterocycles. The van der Waals surface area contributed by atoms with Crippen LogP contribution in [0.4, 0.5) is 0 Å². The lowest BCUT2D eigenvalue weighted by Crippen LogP contribution is -1.89. The molecule has 0 saturated carbocycles. The van der Waals surface area contributed by atoms with Crippen LogP contribution in [0.1, 0.15) is 37.3 Å². The van der Waals surface area contributed by atoms with E-state index >= 15 is 0 Å². The van der Waals surface area contributed by atoms with Crippen LogP contribution < -0.4 is 0 Å². The summed E-state index contributed by atoms with van der Waals surface area (Å²) in [6.45, 7) is 2.21. The van der Waals surface area contributed by atoms with Crippen LogP contribution in [0.15, 0.2) is 48.5 Å². The lowest BCUT2D eigenvalue weighted by molar-refractivity contribution is 0.717. The summed E-state index contributed by atoms with van der Waals surface area (Å²) in [5, 5.41) is 9.15. The van der Waals surface area contributed by atoms with Crippen molar-refractivity contribution in [3.63, 3.8) is 0 Å². The predicted molar refractivity (Wildman–Crippen MR) is 79.8 cm³/mol. The number of benzene rings is 2. The number of nitrogens with zero attached hydrogens (tertiary/aromatic N) is 1. The third kappa shape index (κ3) is 3.69. The van der Waals surface area contributed by atoms with Crippen molar-refractivity contribution < 1.29 is 0 Å². The summed E-state index contributed by atoms with van der Waals surface area (Å²) < 4.78 is 0. The van der Waals surface area contributed by atoms with Crippen LogP contribution in [0, 0.1) is 11.3 Å². The maximum Gasteiger partial charge on any atom is 0.0991 e. The van der Waals surface area contributed by atoms with Crippen LogP contribution in [0.25, 0.3) is 11.1 Å². The molecule has 0 saturated heterocycles. The monoisotopic (exact) mass is 249 g/mol. The van der Waals surface area contributed by atoms with Crippen molar-refractivity contribution in [1.82, 2.24) is 0 Å². The molecule has 0 aliphatic rings. The molecule has 0 radical (unpaired) electrons. The summed E-state index contributed by atoms with van der Waals surface area (Å²) in [5.41, 5.74) is 4.35. The molecule has 0 aliphatic carbocycles. The van der Waals surface area contributed by atoms with Gasteiger partial charge in [0.2, 0.25) is 0 Å². The number of hydrogen-bond donors (Lipinski definition) is 0. The first-order chi connectivity index (χ1) is 9.33. The quantitative estimate of drug-likeness (QED) is 0.687. The van der Waals surface area contributed by atoms with Gasteiger partial charge in [-0.3, -0.25) is 0 Å². The van der Waals surface area contributed by atoms with E-state index in [0.717, 1.165) is 17.5 Å². The average Bonchev–Trinajstić information content (AvgIpc) is 2.48. The lowest BCUT2D eigenvalue weighted by Gasteiger charge is -2.07. The van der Waals surface area contributed by atoms with Crippen LogP contribution in [0.5, 0.6) is 0 Å². The number of nitriles is 1.